The molecule has 0 unspecified atom stereocenters. The van der Waals surface area contributed by atoms with E-state index in [1.54, 1.807) is 0 Å². The minimum atomic E-state index is 0.411. The lowest BCUT2D eigenvalue weighted by Gasteiger charge is -2.35. The zero-order valence-electron chi connectivity index (χ0n) is 14.6. The summed E-state index contributed by atoms with van der Waals surface area (Å²) in [7, 11) is 0. The maximum absolute atomic E-state index is 9.40. The Morgan fingerprint density at radius 2 is 1.96 bits per heavy atom. The molecule has 0 saturated carbocycles. The Labute approximate surface area is 138 Å². The van der Waals surface area contributed by atoms with E-state index in [4.69, 9.17) is 4.74 Å². The Kier molecular flexibility index (Phi) is 6.31. The lowest BCUT2D eigenvalue weighted by Crippen LogP contribution is -2.47. The summed E-state index contributed by atoms with van der Waals surface area (Å²) in [5, 5.41) is 21.1. The van der Waals surface area contributed by atoms with Crippen LogP contribution in [0.2, 0.25) is 0 Å². The van der Waals surface area contributed by atoms with E-state index < -0.39 is 0 Å². The SMILES string of the molecule is Cc1nnc(NC[C@@H](CC(C)C)N2CCOCC2)c(C#N)c1C. The molecule has 1 aliphatic heterocycles. The fourth-order valence-corrected chi connectivity index (χ4v) is 2.93. The van der Waals surface area contributed by atoms with Crippen molar-refractivity contribution in [3.8, 4) is 6.07 Å². The monoisotopic (exact) mass is 317 g/mol. The van der Waals surface area contributed by atoms with Crippen LogP contribution in [0, 0.1) is 31.1 Å². The Balaban J connectivity index is 2.09. The number of anilines is 1. The maximum atomic E-state index is 9.40. The minimum absolute atomic E-state index is 0.411. The van der Waals surface area contributed by atoms with Gasteiger partial charge in [-0.1, -0.05) is 13.8 Å². The van der Waals surface area contributed by atoms with Gasteiger partial charge in [-0.15, -0.1) is 5.10 Å². The smallest absolute Gasteiger partial charge is 0.166 e. The van der Waals surface area contributed by atoms with Crippen LogP contribution in [0.4, 0.5) is 5.82 Å². The third-order valence-electron chi connectivity index (χ3n) is 4.38. The molecule has 126 valence electrons. The molecule has 1 aliphatic rings. The predicted molar refractivity (Wildman–Crippen MR) is 90.3 cm³/mol. The molecule has 1 N–H and O–H groups in total. The lowest BCUT2D eigenvalue weighted by atomic mass is 10.0. The molecule has 1 aromatic heterocycles. The first-order valence-corrected chi connectivity index (χ1v) is 8.32. The highest BCUT2D eigenvalue weighted by molar-refractivity contribution is 5.55. The molecule has 1 atom stereocenters. The highest BCUT2D eigenvalue weighted by Gasteiger charge is 2.22. The van der Waals surface area contributed by atoms with Crippen LogP contribution in [0.3, 0.4) is 0 Å². The molecule has 0 spiro atoms. The topological polar surface area (TPSA) is 74.1 Å². The van der Waals surface area contributed by atoms with Crippen molar-refractivity contribution in [1.82, 2.24) is 15.1 Å². The Hall–Kier alpha value is -1.71. The molecule has 1 aromatic rings. The van der Waals surface area contributed by atoms with Crippen LogP contribution in [0.25, 0.3) is 0 Å². The van der Waals surface area contributed by atoms with E-state index in [9.17, 15) is 5.26 Å². The molecule has 0 bridgehead atoms. The number of nitrogens with one attached hydrogen (secondary N) is 1. The number of ether oxygens (including phenoxy) is 1. The lowest BCUT2D eigenvalue weighted by molar-refractivity contribution is 0.0150. The van der Waals surface area contributed by atoms with Crippen molar-refractivity contribution >= 4 is 5.82 Å². The molecular formula is C17H27N5O. The zero-order valence-corrected chi connectivity index (χ0v) is 14.6. The van der Waals surface area contributed by atoms with E-state index in [1.807, 2.05) is 13.8 Å². The molecule has 0 aliphatic carbocycles. The number of aryl methyl sites for hydroxylation is 1. The second-order valence-corrected chi connectivity index (χ2v) is 6.56. The largest absolute Gasteiger partial charge is 0.379 e. The first kappa shape index (κ1) is 17.6. The van der Waals surface area contributed by atoms with Crippen LogP contribution in [-0.4, -0.2) is 54.0 Å². The summed E-state index contributed by atoms with van der Waals surface area (Å²) >= 11 is 0. The van der Waals surface area contributed by atoms with Gasteiger partial charge in [-0.25, -0.2) is 0 Å². The van der Waals surface area contributed by atoms with Gasteiger partial charge in [-0.3, -0.25) is 4.90 Å². The first-order valence-electron chi connectivity index (χ1n) is 8.32. The number of hydrogen-bond donors (Lipinski definition) is 1. The molecule has 0 radical (unpaired) electrons. The quantitative estimate of drug-likeness (QED) is 0.866. The second kappa shape index (κ2) is 8.23. The van der Waals surface area contributed by atoms with E-state index in [2.05, 4.69) is 40.3 Å². The highest BCUT2D eigenvalue weighted by atomic mass is 16.5. The number of nitrogens with zero attached hydrogens (tertiary/aromatic N) is 4. The van der Waals surface area contributed by atoms with Crippen LogP contribution >= 0.6 is 0 Å². The van der Waals surface area contributed by atoms with Crippen LogP contribution < -0.4 is 5.32 Å². The van der Waals surface area contributed by atoms with Crippen LogP contribution in [0.15, 0.2) is 0 Å². The highest BCUT2D eigenvalue weighted by Crippen LogP contribution is 2.19. The minimum Gasteiger partial charge on any atom is -0.379 e. The van der Waals surface area contributed by atoms with Crippen molar-refractivity contribution in [1.29, 1.82) is 5.26 Å². The van der Waals surface area contributed by atoms with Crippen LogP contribution in [0.5, 0.6) is 0 Å². The van der Waals surface area contributed by atoms with Gasteiger partial charge in [-0.2, -0.15) is 10.4 Å². The Bertz CT molecular complexity index is 561. The van der Waals surface area contributed by atoms with Crippen molar-refractivity contribution in [2.45, 2.75) is 40.2 Å². The standard InChI is InChI=1S/C17H27N5O/c1-12(2)9-15(22-5-7-23-8-6-22)11-19-17-16(10-18)13(3)14(4)20-21-17/h12,15H,5-9,11H2,1-4H3,(H,19,21)/t15-/m1/s1. The zero-order chi connectivity index (χ0) is 16.8. The summed E-state index contributed by atoms with van der Waals surface area (Å²) in [6.45, 7) is 12.6. The molecule has 1 fully saturated rings. The van der Waals surface area contributed by atoms with Crippen molar-refractivity contribution in [3.63, 3.8) is 0 Å². The Morgan fingerprint density at radius 3 is 2.57 bits per heavy atom. The average molecular weight is 317 g/mol. The molecule has 23 heavy (non-hydrogen) atoms. The Morgan fingerprint density at radius 1 is 1.26 bits per heavy atom. The third kappa shape index (κ3) is 4.63. The van der Waals surface area contributed by atoms with Crippen molar-refractivity contribution in [2.24, 2.45) is 5.92 Å². The summed E-state index contributed by atoms with van der Waals surface area (Å²) in [6.07, 6.45) is 1.10. The van der Waals surface area contributed by atoms with Gasteiger partial charge in [0.05, 0.1) is 18.9 Å². The van der Waals surface area contributed by atoms with Gasteiger partial charge in [0.2, 0.25) is 0 Å². The van der Waals surface area contributed by atoms with Gasteiger partial charge >= 0.3 is 0 Å². The fourth-order valence-electron chi connectivity index (χ4n) is 2.93. The summed E-state index contributed by atoms with van der Waals surface area (Å²) in [5.74, 6) is 1.21. The van der Waals surface area contributed by atoms with Gasteiger partial charge in [0.15, 0.2) is 5.82 Å². The van der Waals surface area contributed by atoms with Crippen LogP contribution in [0.1, 0.15) is 37.1 Å². The average Bonchev–Trinajstić information content (AvgIpc) is 2.55. The van der Waals surface area contributed by atoms with Crippen molar-refractivity contribution in [2.75, 3.05) is 38.2 Å². The fraction of sp³-hybridized carbons (Fsp3) is 0.706. The number of hydrogen-bond acceptors (Lipinski definition) is 6. The molecule has 6 heteroatoms. The summed E-state index contributed by atoms with van der Waals surface area (Å²) in [4.78, 5) is 2.47. The van der Waals surface area contributed by atoms with E-state index in [0.717, 1.165) is 50.5 Å². The van der Waals surface area contributed by atoms with Gasteiger partial charge in [0.1, 0.15) is 11.6 Å². The van der Waals surface area contributed by atoms with E-state index in [1.165, 1.54) is 0 Å². The number of morpholine rings is 1. The molecule has 2 rings (SSSR count). The van der Waals surface area contributed by atoms with Gasteiger partial charge in [0.25, 0.3) is 0 Å². The first-order chi connectivity index (χ1) is 11.0. The second-order valence-electron chi connectivity index (χ2n) is 6.56. The van der Waals surface area contributed by atoms with Gasteiger partial charge in [-0.05, 0) is 31.7 Å². The van der Waals surface area contributed by atoms with Crippen molar-refractivity contribution < 1.29 is 4.74 Å². The van der Waals surface area contributed by atoms with Crippen LogP contribution in [-0.2, 0) is 4.74 Å². The maximum Gasteiger partial charge on any atom is 0.166 e. The number of rotatable bonds is 6. The van der Waals surface area contributed by atoms with Gasteiger partial charge in [0, 0.05) is 25.7 Å². The third-order valence-corrected chi connectivity index (χ3v) is 4.38. The van der Waals surface area contributed by atoms with Crippen molar-refractivity contribution in [3.05, 3.63) is 16.8 Å². The van der Waals surface area contributed by atoms with E-state index >= 15 is 0 Å². The molecular weight excluding hydrogens is 290 g/mol. The van der Waals surface area contributed by atoms with E-state index in [0.29, 0.717) is 23.3 Å². The summed E-state index contributed by atoms with van der Waals surface area (Å²) in [6, 6.07) is 2.66. The molecule has 2 heterocycles. The molecule has 0 amide bonds. The molecule has 1 saturated heterocycles. The molecule has 6 nitrogen and oxygen atoms in total. The van der Waals surface area contributed by atoms with Gasteiger partial charge < -0.3 is 10.1 Å². The predicted octanol–water partition coefficient (Wildman–Crippen LogP) is 2.12. The van der Waals surface area contributed by atoms with E-state index in [-0.39, 0.29) is 0 Å². The number of aromatic nitrogens is 2. The summed E-state index contributed by atoms with van der Waals surface area (Å²) < 4.78 is 5.46. The normalized spacial score (nSPS) is 17.0. The number of nitriles is 1. The molecule has 0 aromatic carbocycles. The summed E-state index contributed by atoms with van der Waals surface area (Å²) in [5.41, 5.74) is 2.30.